The molecule has 1 fully saturated rings. The number of aromatic nitrogens is 2. The van der Waals surface area contributed by atoms with E-state index in [2.05, 4.69) is 15.5 Å². The summed E-state index contributed by atoms with van der Waals surface area (Å²) in [5.41, 5.74) is -0.621. The Hall–Kier alpha value is -1.40. The van der Waals surface area contributed by atoms with E-state index in [9.17, 15) is 9.59 Å². The van der Waals surface area contributed by atoms with Gasteiger partial charge in [0.15, 0.2) is 0 Å². The summed E-state index contributed by atoms with van der Waals surface area (Å²) in [6.07, 6.45) is 1.34. The molecule has 1 aromatic heterocycles. The van der Waals surface area contributed by atoms with Crippen molar-refractivity contribution in [1.82, 2.24) is 15.5 Å². The number of hydrogen-bond donors (Lipinski definition) is 2. The second kappa shape index (κ2) is 5.49. The van der Waals surface area contributed by atoms with Gasteiger partial charge in [0.25, 0.3) is 11.5 Å². The molecule has 1 aliphatic heterocycles. The molecular formula is C11H14ClN3O3. The minimum Gasteiger partial charge on any atom is -0.381 e. The van der Waals surface area contributed by atoms with E-state index in [-0.39, 0.29) is 17.2 Å². The average molecular weight is 272 g/mol. The molecule has 0 aliphatic carbocycles. The predicted octanol–water partition coefficient (Wildman–Crippen LogP) is 0.288. The summed E-state index contributed by atoms with van der Waals surface area (Å²) in [5, 5.41) is 8.79. The summed E-state index contributed by atoms with van der Waals surface area (Å²) in [6.45, 7) is 1.15. The minimum absolute atomic E-state index is 0.172. The summed E-state index contributed by atoms with van der Waals surface area (Å²) in [5.74, 6) is -0.0142. The van der Waals surface area contributed by atoms with Gasteiger partial charge in [-0.2, -0.15) is 5.10 Å². The topological polar surface area (TPSA) is 84.1 Å². The first kappa shape index (κ1) is 13.0. The van der Waals surface area contributed by atoms with Gasteiger partial charge in [-0.25, -0.2) is 5.10 Å². The maximum Gasteiger partial charge on any atom is 0.272 e. The Morgan fingerprint density at radius 1 is 1.50 bits per heavy atom. The highest BCUT2D eigenvalue weighted by Gasteiger charge is 2.33. The highest BCUT2D eigenvalue weighted by Crippen LogP contribution is 2.22. The van der Waals surface area contributed by atoms with Crippen LogP contribution in [0.4, 0.5) is 0 Å². The second-order valence-electron chi connectivity index (χ2n) is 4.29. The number of amides is 1. The number of carbonyl (C=O) groups excluding carboxylic acids is 1. The number of ether oxygens (including phenoxy) is 1. The molecule has 98 valence electrons. The molecule has 0 saturated carbocycles. The van der Waals surface area contributed by atoms with E-state index < -0.39 is 5.54 Å². The Morgan fingerprint density at radius 2 is 2.22 bits per heavy atom. The van der Waals surface area contributed by atoms with Gasteiger partial charge in [0, 0.05) is 25.2 Å². The fourth-order valence-electron chi connectivity index (χ4n) is 1.83. The van der Waals surface area contributed by atoms with Crippen molar-refractivity contribution < 1.29 is 9.53 Å². The van der Waals surface area contributed by atoms with Crippen LogP contribution in [-0.4, -0.2) is 40.7 Å². The molecule has 2 N–H and O–H groups in total. The number of nitrogens with zero attached hydrogens (tertiary/aromatic N) is 1. The van der Waals surface area contributed by atoms with E-state index in [0.717, 1.165) is 0 Å². The van der Waals surface area contributed by atoms with Crippen LogP contribution >= 0.6 is 11.6 Å². The Bertz CT molecular complexity index is 462. The van der Waals surface area contributed by atoms with Crippen molar-refractivity contribution in [3.63, 3.8) is 0 Å². The fourth-order valence-corrected chi connectivity index (χ4v) is 2.16. The molecule has 1 aliphatic rings. The zero-order chi connectivity index (χ0) is 13.0. The Labute approximate surface area is 109 Å². The number of H-pyrrole nitrogens is 1. The first-order chi connectivity index (χ1) is 8.65. The third-order valence-corrected chi connectivity index (χ3v) is 3.51. The van der Waals surface area contributed by atoms with Crippen LogP contribution in [0.25, 0.3) is 0 Å². The van der Waals surface area contributed by atoms with E-state index >= 15 is 0 Å². The molecule has 7 heteroatoms. The summed E-state index contributed by atoms with van der Waals surface area (Å²) in [6, 6.07) is 2.65. The van der Waals surface area contributed by atoms with Crippen molar-refractivity contribution in [2.75, 3.05) is 19.1 Å². The van der Waals surface area contributed by atoms with Crippen LogP contribution in [0.5, 0.6) is 0 Å². The average Bonchev–Trinajstić information content (AvgIpc) is 2.40. The minimum atomic E-state index is -0.450. The summed E-state index contributed by atoms with van der Waals surface area (Å²) in [7, 11) is 0. The number of alkyl halides is 1. The van der Waals surface area contributed by atoms with Gasteiger partial charge in [-0.05, 0) is 18.9 Å². The fraction of sp³-hybridized carbons (Fsp3) is 0.545. The summed E-state index contributed by atoms with van der Waals surface area (Å²) >= 11 is 5.95. The lowest BCUT2D eigenvalue weighted by molar-refractivity contribution is 0.0432. The molecule has 1 saturated heterocycles. The van der Waals surface area contributed by atoms with Crippen LogP contribution in [0.3, 0.4) is 0 Å². The lowest BCUT2D eigenvalue weighted by Crippen LogP contribution is -2.53. The van der Waals surface area contributed by atoms with Crippen molar-refractivity contribution in [2.45, 2.75) is 18.4 Å². The van der Waals surface area contributed by atoms with Crippen molar-refractivity contribution in [1.29, 1.82) is 0 Å². The molecule has 6 nitrogen and oxygen atoms in total. The van der Waals surface area contributed by atoms with Crippen molar-refractivity contribution in [2.24, 2.45) is 0 Å². The third-order valence-electron chi connectivity index (χ3n) is 3.00. The lowest BCUT2D eigenvalue weighted by Gasteiger charge is -2.36. The van der Waals surface area contributed by atoms with E-state index in [1.54, 1.807) is 0 Å². The Morgan fingerprint density at radius 3 is 2.78 bits per heavy atom. The molecule has 1 amide bonds. The Balaban J connectivity index is 2.09. The van der Waals surface area contributed by atoms with Gasteiger partial charge in [-0.15, -0.1) is 11.6 Å². The second-order valence-corrected chi connectivity index (χ2v) is 4.55. The number of nitrogens with one attached hydrogen (secondary N) is 2. The smallest absolute Gasteiger partial charge is 0.272 e. The standard InChI is InChI=1S/C11H14ClN3O3/c12-7-11(3-5-18-6-4-11)13-10(17)8-1-2-9(16)15-14-8/h1-2H,3-7H2,(H,13,17)(H,15,16). The monoisotopic (exact) mass is 271 g/mol. The van der Waals surface area contributed by atoms with Gasteiger partial charge in [0.05, 0.1) is 5.54 Å². The maximum atomic E-state index is 12.0. The van der Waals surface area contributed by atoms with Gasteiger partial charge in [-0.1, -0.05) is 0 Å². The third kappa shape index (κ3) is 2.88. The molecular weight excluding hydrogens is 258 g/mol. The molecule has 0 radical (unpaired) electrons. The van der Waals surface area contributed by atoms with Crippen LogP contribution < -0.4 is 10.9 Å². The molecule has 1 aromatic rings. The van der Waals surface area contributed by atoms with E-state index in [1.165, 1.54) is 12.1 Å². The van der Waals surface area contributed by atoms with Crippen molar-refractivity contribution >= 4 is 17.5 Å². The lowest BCUT2D eigenvalue weighted by atomic mass is 9.92. The Kier molecular flexibility index (Phi) is 3.98. The van der Waals surface area contributed by atoms with E-state index in [4.69, 9.17) is 16.3 Å². The van der Waals surface area contributed by atoms with Crippen LogP contribution in [-0.2, 0) is 4.74 Å². The van der Waals surface area contributed by atoms with Gasteiger partial charge in [0.1, 0.15) is 5.69 Å². The van der Waals surface area contributed by atoms with Crippen LogP contribution in [0, 0.1) is 0 Å². The molecule has 0 atom stereocenters. The van der Waals surface area contributed by atoms with Crippen molar-refractivity contribution in [3.05, 3.63) is 28.2 Å². The normalized spacial score (nSPS) is 18.3. The molecule has 0 unspecified atom stereocenters. The van der Waals surface area contributed by atoms with Crippen LogP contribution in [0.1, 0.15) is 23.3 Å². The number of halogens is 1. The molecule has 0 spiro atoms. The highest BCUT2D eigenvalue weighted by molar-refractivity contribution is 6.18. The van der Waals surface area contributed by atoms with Gasteiger partial charge in [0.2, 0.25) is 0 Å². The van der Waals surface area contributed by atoms with Gasteiger partial charge in [-0.3, -0.25) is 9.59 Å². The van der Waals surface area contributed by atoms with Crippen molar-refractivity contribution in [3.8, 4) is 0 Å². The van der Waals surface area contributed by atoms with E-state index in [1.807, 2.05) is 0 Å². The highest BCUT2D eigenvalue weighted by atomic mass is 35.5. The zero-order valence-corrected chi connectivity index (χ0v) is 10.5. The van der Waals surface area contributed by atoms with Crippen LogP contribution in [0.2, 0.25) is 0 Å². The van der Waals surface area contributed by atoms with Gasteiger partial charge >= 0.3 is 0 Å². The van der Waals surface area contributed by atoms with Gasteiger partial charge < -0.3 is 10.1 Å². The molecule has 2 rings (SSSR count). The molecule has 0 bridgehead atoms. The first-order valence-corrected chi connectivity index (χ1v) is 6.21. The number of carbonyl (C=O) groups is 1. The number of hydrogen-bond acceptors (Lipinski definition) is 4. The quantitative estimate of drug-likeness (QED) is 0.774. The molecule has 18 heavy (non-hydrogen) atoms. The zero-order valence-electron chi connectivity index (χ0n) is 9.74. The number of aromatic amines is 1. The maximum absolute atomic E-state index is 12.0. The molecule has 0 aromatic carbocycles. The summed E-state index contributed by atoms with van der Waals surface area (Å²) < 4.78 is 5.26. The predicted molar refractivity (Wildman–Crippen MR) is 65.8 cm³/mol. The van der Waals surface area contributed by atoms with Crippen LogP contribution in [0.15, 0.2) is 16.9 Å². The van der Waals surface area contributed by atoms with E-state index in [0.29, 0.717) is 31.9 Å². The summed E-state index contributed by atoms with van der Waals surface area (Å²) in [4.78, 5) is 22.9. The SMILES string of the molecule is O=C(NC1(CCl)CCOCC1)c1ccc(=O)[nH]n1. The first-order valence-electron chi connectivity index (χ1n) is 5.67. The number of rotatable bonds is 3. The molecule has 2 heterocycles. The largest absolute Gasteiger partial charge is 0.381 e.